The quantitative estimate of drug-likeness (QED) is 0.117. The van der Waals surface area contributed by atoms with Gasteiger partial charge in [0.05, 0.1) is 13.2 Å². The summed E-state index contributed by atoms with van der Waals surface area (Å²) in [5, 5.41) is 0.428. The number of allylic oxidation sites excluding steroid dienone is 1. The minimum absolute atomic E-state index is 0.0630. The molecule has 0 amide bonds. The number of hydrogen-bond donors (Lipinski definition) is 0. The van der Waals surface area contributed by atoms with Gasteiger partial charge in [0.25, 0.3) is 0 Å². The summed E-state index contributed by atoms with van der Waals surface area (Å²) >= 11 is 0. The van der Waals surface area contributed by atoms with Crippen LogP contribution in [-0.4, -0.2) is 19.2 Å². The monoisotopic (exact) mass is 458 g/mol. The normalized spacial score (nSPS) is 11.2. The molecular weight excluding hydrogens is 420 g/mol. The standard InChI is InChI=1S/C27H38O6/c1-4-6-8-10-11-12-13-15-20-31-26-25(32-21(3)28)24-22(30-19-14-9-7-5-2)17-16-18-23(24)33-27(26)29/h7,9,16-18H,4-6,8,10-15,19-20H2,1-3H3. The van der Waals surface area contributed by atoms with Crippen molar-refractivity contribution in [1.29, 1.82) is 0 Å². The molecule has 182 valence electrons. The Hall–Kier alpha value is -2.76. The van der Waals surface area contributed by atoms with Gasteiger partial charge in [0.1, 0.15) is 16.7 Å². The summed E-state index contributed by atoms with van der Waals surface area (Å²) in [6, 6.07) is 5.15. The molecule has 6 nitrogen and oxygen atoms in total. The van der Waals surface area contributed by atoms with Gasteiger partial charge in [-0.2, -0.15) is 0 Å². The molecule has 0 radical (unpaired) electrons. The van der Waals surface area contributed by atoms with Crippen LogP contribution in [0.5, 0.6) is 17.2 Å². The van der Waals surface area contributed by atoms with Crippen molar-refractivity contribution in [3.63, 3.8) is 0 Å². The Balaban J connectivity index is 2.13. The fraction of sp³-hybridized carbons (Fsp3) is 0.556. The molecule has 0 aliphatic carbocycles. The lowest BCUT2D eigenvalue weighted by molar-refractivity contribution is -0.131. The Bertz CT molecular complexity index is 944. The summed E-state index contributed by atoms with van der Waals surface area (Å²) in [5.74, 6) is -0.0792. The smallest absolute Gasteiger partial charge is 0.383 e. The second kappa shape index (κ2) is 15.1. The molecule has 0 aliphatic rings. The van der Waals surface area contributed by atoms with Gasteiger partial charge in [-0.05, 0) is 31.4 Å². The number of hydrogen-bond acceptors (Lipinski definition) is 6. The minimum Gasteiger partial charge on any atom is -0.492 e. The third-order valence-electron chi connectivity index (χ3n) is 5.24. The molecule has 0 bridgehead atoms. The third kappa shape index (κ3) is 8.95. The van der Waals surface area contributed by atoms with Crippen LogP contribution in [0.1, 0.15) is 85.0 Å². The fourth-order valence-electron chi connectivity index (χ4n) is 3.59. The SMILES string of the molecule is CCC=CCCOc1cccc2oc(=O)c(OCCCCCCCCCC)c(OC(C)=O)c12. The number of esters is 1. The number of carbonyl (C=O) groups excluding carboxylic acids is 1. The van der Waals surface area contributed by atoms with Gasteiger partial charge in [0.15, 0.2) is 5.75 Å². The van der Waals surface area contributed by atoms with Crippen molar-refractivity contribution >= 4 is 16.9 Å². The zero-order valence-electron chi connectivity index (χ0n) is 20.3. The van der Waals surface area contributed by atoms with E-state index in [1.54, 1.807) is 18.2 Å². The Labute approximate surface area is 196 Å². The van der Waals surface area contributed by atoms with E-state index in [0.717, 1.165) is 32.1 Å². The van der Waals surface area contributed by atoms with Crippen molar-refractivity contribution < 1.29 is 23.4 Å². The van der Waals surface area contributed by atoms with Gasteiger partial charge in [-0.3, -0.25) is 4.79 Å². The van der Waals surface area contributed by atoms with E-state index in [-0.39, 0.29) is 17.1 Å². The van der Waals surface area contributed by atoms with Gasteiger partial charge in [-0.15, -0.1) is 0 Å². The summed E-state index contributed by atoms with van der Waals surface area (Å²) in [5.41, 5.74) is -0.376. The highest BCUT2D eigenvalue weighted by atomic mass is 16.6. The summed E-state index contributed by atoms with van der Waals surface area (Å²) in [4.78, 5) is 24.4. The van der Waals surface area contributed by atoms with Crippen LogP contribution in [0.25, 0.3) is 11.0 Å². The third-order valence-corrected chi connectivity index (χ3v) is 5.24. The Morgan fingerprint density at radius 2 is 1.64 bits per heavy atom. The van der Waals surface area contributed by atoms with Crippen LogP contribution in [0.15, 0.2) is 39.6 Å². The first-order chi connectivity index (χ1) is 16.1. The second-order valence-electron chi connectivity index (χ2n) is 8.11. The molecule has 0 unspecified atom stereocenters. The van der Waals surface area contributed by atoms with E-state index in [9.17, 15) is 9.59 Å². The van der Waals surface area contributed by atoms with Crippen LogP contribution in [0.3, 0.4) is 0 Å². The lowest BCUT2D eigenvalue weighted by atomic mass is 10.1. The summed E-state index contributed by atoms with van der Waals surface area (Å²) in [7, 11) is 0. The number of unbranched alkanes of at least 4 members (excludes halogenated alkanes) is 7. The average Bonchev–Trinajstić information content (AvgIpc) is 2.79. The molecule has 2 rings (SSSR count). The van der Waals surface area contributed by atoms with Crippen molar-refractivity contribution in [2.45, 2.75) is 85.0 Å². The predicted octanol–water partition coefficient (Wildman–Crippen LogP) is 6.97. The van der Waals surface area contributed by atoms with Crippen LogP contribution in [-0.2, 0) is 4.79 Å². The van der Waals surface area contributed by atoms with E-state index in [2.05, 4.69) is 26.0 Å². The van der Waals surface area contributed by atoms with Crippen LogP contribution >= 0.6 is 0 Å². The van der Waals surface area contributed by atoms with Gasteiger partial charge in [-0.25, -0.2) is 4.79 Å². The van der Waals surface area contributed by atoms with E-state index in [4.69, 9.17) is 18.6 Å². The van der Waals surface area contributed by atoms with E-state index < -0.39 is 11.6 Å². The summed E-state index contributed by atoms with van der Waals surface area (Å²) < 4.78 is 22.6. The second-order valence-corrected chi connectivity index (χ2v) is 8.11. The number of rotatable bonds is 16. The number of benzene rings is 1. The largest absolute Gasteiger partial charge is 0.492 e. The zero-order chi connectivity index (χ0) is 23.9. The predicted molar refractivity (Wildman–Crippen MR) is 131 cm³/mol. The molecule has 0 saturated heterocycles. The lowest BCUT2D eigenvalue weighted by Gasteiger charge is -2.14. The minimum atomic E-state index is -0.665. The van der Waals surface area contributed by atoms with Gasteiger partial charge in [0, 0.05) is 6.92 Å². The molecule has 0 fully saturated rings. The van der Waals surface area contributed by atoms with Gasteiger partial charge >= 0.3 is 11.6 Å². The molecule has 6 heteroatoms. The summed E-state index contributed by atoms with van der Waals surface area (Å²) in [6.45, 7) is 6.38. The van der Waals surface area contributed by atoms with Crippen LogP contribution in [0.2, 0.25) is 0 Å². The topological polar surface area (TPSA) is 75.0 Å². The zero-order valence-corrected chi connectivity index (χ0v) is 20.3. The Morgan fingerprint density at radius 1 is 0.909 bits per heavy atom. The van der Waals surface area contributed by atoms with E-state index in [1.807, 2.05) is 0 Å². The first-order valence-corrected chi connectivity index (χ1v) is 12.3. The maximum atomic E-state index is 12.6. The Kier molecular flexibility index (Phi) is 12.2. The van der Waals surface area contributed by atoms with Gasteiger partial charge in [-0.1, -0.05) is 77.0 Å². The van der Waals surface area contributed by atoms with Crippen LogP contribution in [0.4, 0.5) is 0 Å². The van der Waals surface area contributed by atoms with Crippen molar-refractivity contribution in [3.8, 4) is 17.2 Å². The molecule has 0 atom stereocenters. The highest BCUT2D eigenvalue weighted by Crippen LogP contribution is 2.39. The van der Waals surface area contributed by atoms with Gasteiger partial charge < -0.3 is 18.6 Å². The number of carbonyl (C=O) groups is 1. The van der Waals surface area contributed by atoms with E-state index >= 15 is 0 Å². The molecule has 1 heterocycles. The van der Waals surface area contributed by atoms with E-state index in [1.165, 1.54) is 39.0 Å². The molecule has 1 aromatic carbocycles. The first kappa shape index (κ1) is 26.5. The maximum absolute atomic E-state index is 12.6. The first-order valence-electron chi connectivity index (χ1n) is 12.3. The van der Waals surface area contributed by atoms with Crippen molar-refractivity contribution in [2.24, 2.45) is 0 Å². The van der Waals surface area contributed by atoms with Crippen molar-refractivity contribution in [3.05, 3.63) is 40.8 Å². The molecular formula is C27H38O6. The highest BCUT2D eigenvalue weighted by Gasteiger charge is 2.22. The Morgan fingerprint density at radius 3 is 2.33 bits per heavy atom. The molecule has 0 saturated carbocycles. The highest BCUT2D eigenvalue weighted by molar-refractivity contribution is 5.93. The van der Waals surface area contributed by atoms with E-state index in [0.29, 0.717) is 24.3 Å². The molecule has 0 spiro atoms. The summed E-state index contributed by atoms with van der Waals surface area (Å²) in [6.07, 6.45) is 15.1. The fourth-order valence-corrected chi connectivity index (χ4v) is 3.59. The number of fused-ring (bicyclic) bond motifs is 1. The average molecular weight is 459 g/mol. The van der Waals surface area contributed by atoms with Crippen molar-refractivity contribution in [2.75, 3.05) is 13.2 Å². The molecule has 0 N–H and O–H groups in total. The number of ether oxygens (including phenoxy) is 3. The van der Waals surface area contributed by atoms with Crippen molar-refractivity contribution in [1.82, 2.24) is 0 Å². The van der Waals surface area contributed by atoms with Crippen LogP contribution in [0, 0.1) is 0 Å². The van der Waals surface area contributed by atoms with Crippen LogP contribution < -0.4 is 19.8 Å². The molecule has 1 aromatic heterocycles. The molecule has 0 aliphatic heterocycles. The van der Waals surface area contributed by atoms with Gasteiger partial charge in [0.2, 0.25) is 5.75 Å². The molecule has 33 heavy (non-hydrogen) atoms. The molecule has 2 aromatic rings. The lowest BCUT2D eigenvalue weighted by Crippen LogP contribution is -2.13. The maximum Gasteiger partial charge on any atom is 0.383 e.